The minimum Gasteiger partial charge on any atom is -0.396 e. The Balaban J connectivity index is 1.62. The number of anilines is 1. The maximum Gasteiger partial charge on any atom is 0.251 e. The van der Waals surface area contributed by atoms with Crippen LogP contribution in [0.15, 0.2) is 18.2 Å². The standard InChI is InChI=1S/C16H22N2O2/c19-9-7-16(5-6-16)11-18-15(20)13-3-4-14-12(10-13)2-1-8-17-14/h3-4,10,17,19H,1-2,5-9,11H2,(H,18,20). The topological polar surface area (TPSA) is 61.4 Å². The number of carbonyl (C=O) groups excluding carboxylic acids is 1. The Labute approximate surface area is 119 Å². The Bertz CT molecular complexity index is 509. The third kappa shape index (κ3) is 2.80. The smallest absolute Gasteiger partial charge is 0.251 e. The minimum atomic E-state index is 0.00240. The summed E-state index contributed by atoms with van der Waals surface area (Å²) >= 11 is 0. The second-order valence-corrected chi connectivity index (χ2v) is 6.06. The Kier molecular flexibility index (Phi) is 3.66. The summed E-state index contributed by atoms with van der Waals surface area (Å²) in [6.45, 7) is 1.91. The van der Waals surface area contributed by atoms with Crippen molar-refractivity contribution in [2.75, 3.05) is 25.0 Å². The largest absolute Gasteiger partial charge is 0.396 e. The number of fused-ring (bicyclic) bond motifs is 1. The number of rotatable bonds is 5. The fourth-order valence-corrected chi connectivity index (χ4v) is 2.92. The van der Waals surface area contributed by atoms with E-state index in [0.29, 0.717) is 6.54 Å². The molecule has 0 aromatic heterocycles. The van der Waals surface area contributed by atoms with E-state index in [0.717, 1.165) is 49.9 Å². The number of benzene rings is 1. The van der Waals surface area contributed by atoms with Crippen molar-refractivity contribution in [3.05, 3.63) is 29.3 Å². The van der Waals surface area contributed by atoms with Gasteiger partial charge in [0, 0.05) is 30.9 Å². The molecule has 0 atom stereocenters. The lowest BCUT2D eigenvalue weighted by molar-refractivity contribution is 0.0940. The van der Waals surface area contributed by atoms with Gasteiger partial charge in [-0.3, -0.25) is 4.79 Å². The van der Waals surface area contributed by atoms with E-state index >= 15 is 0 Å². The molecule has 3 rings (SSSR count). The molecule has 4 nitrogen and oxygen atoms in total. The van der Waals surface area contributed by atoms with Crippen LogP contribution in [-0.4, -0.2) is 30.7 Å². The van der Waals surface area contributed by atoms with Crippen LogP contribution in [-0.2, 0) is 6.42 Å². The average Bonchev–Trinajstić information content (AvgIpc) is 3.25. The Morgan fingerprint density at radius 3 is 3.00 bits per heavy atom. The summed E-state index contributed by atoms with van der Waals surface area (Å²) in [5.41, 5.74) is 3.31. The molecular formula is C16H22N2O2. The molecule has 1 heterocycles. The average molecular weight is 274 g/mol. The third-order valence-electron chi connectivity index (χ3n) is 4.53. The van der Waals surface area contributed by atoms with Gasteiger partial charge in [-0.1, -0.05) is 0 Å². The fourth-order valence-electron chi connectivity index (χ4n) is 2.92. The van der Waals surface area contributed by atoms with Crippen LogP contribution in [0.25, 0.3) is 0 Å². The summed E-state index contributed by atoms with van der Waals surface area (Å²) in [7, 11) is 0. The Morgan fingerprint density at radius 1 is 1.40 bits per heavy atom. The number of hydrogen-bond acceptors (Lipinski definition) is 3. The number of aryl methyl sites for hydroxylation is 1. The van der Waals surface area contributed by atoms with E-state index in [4.69, 9.17) is 5.11 Å². The van der Waals surface area contributed by atoms with Crippen molar-refractivity contribution in [1.29, 1.82) is 0 Å². The summed E-state index contributed by atoms with van der Waals surface area (Å²) < 4.78 is 0. The van der Waals surface area contributed by atoms with Crippen molar-refractivity contribution >= 4 is 11.6 Å². The molecule has 1 aliphatic carbocycles. The van der Waals surface area contributed by atoms with Gasteiger partial charge in [-0.05, 0) is 61.3 Å². The monoisotopic (exact) mass is 274 g/mol. The van der Waals surface area contributed by atoms with E-state index in [9.17, 15) is 4.79 Å². The van der Waals surface area contributed by atoms with Gasteiger partial charge in [-0.2, -0.15) is 0 Å². The molecule has 2 aliphatic rings. The van der Waals surface area contributed by atoms with Gasteiger partial charge in [0.15, 0.2) is 0 Å². The van der Waals surface area contributed by atoms with E-state index in [2.05, 4.69) is 10.6 Å². The summed E-state index contributed by atoms with van der Waals surface area (Å²) in [5, 5.41) is 15.4. The molecule has 0 radical (unpaired) electrons. The van der Waals surface area contributed by atoms with Crippen LogP contribution >= 0.6 is 0 Å². The minimum absolute atomic E-state index is 0.00240. The lowest BCUT2D eigenvalue weighted by Gasteiger charge is -2.19. The first kappa shape index (κ1) is 13.4. The fraction of sp³-hybridized carbons (Fsp3) is 0.562. The van der Waals surface area contributed by atoms with Crippen LogP contribution in [0.3, 0.4) is 0 Å². The van der Waals surface area contributed by atoms with Crippen molar-refractivity contribution in [2.24, 2.45) is 5.41 Å². The number of carbonyl (C=O) groups is 1. The highest BCUT2D eigenvalue weighted by Gasteiger charge is 2.41. The molecule has 1 fully saturated rings. The molecule has 0 bridgehead atoms. The van der Waals surface area contributed by atoms with Crippen molar-refractivity contribution in [2.45, 2.75) is 32.1 Å². The normalized spacial score (nSPS) is 18.9. The highest BCUT2D eigenvalue weighted by Crippen LogP contribution is 2.47. The summed E-state index contributed by atoms with van der Waals surface area (Å²) in [5.74, 6) is 0.00240. The molecule has 3 N–H and O–H groups in total. The zero-order chi connectivity index (χ0) is 14.0. The molecular weight excluding hydrogens is 252 g/mol. The van der Waals surface area contributed by atoms with Crippen LogP contribution in [0, 0.1) is 5.41 Å². The van der Waals surface area contributed by atoms with E-state index in [1.165, 1.54) is 5.56 Å². The van der Waals surface area contributed by atoms with Gasteiger partial charge in [-0.15, -0.1) is 0 Å². The van der Waals surface area contributed by atoms with Crippen LogP contribution in [0.2, 0.25) is 0 Å². The molecule has 108 valence electrons. The first-order valence-corrected chi connectivity index (χ1v) is 7.48. The maximum atomic E-state index is 12.2. The van der Waals surface area contributed by atoms with E-state index in [1.54, 1.807) is 0 Å². The molecule has 1 amide bonds. The summed E-state index contributed by atoms with van der Waals surface area (Å²) in [4.78, 5) is 12.2. The maximum absolute atomic E-state index is 12.2. The highest BCUT2D eigenvalue weighted by atomic mass is 16.3. The number of hydrogen-bond donors (Lipinski definition) is 3. The van der Waals surface area contributed by atoms with Gasteiger partial charge in [0.05, 0.1) is 0 Å². The number of aliphatic hydroxyl groups excluding tert-OH is 1. The van der Waals surface area contributed by atoms with Crippen molar-refractivity contribution < 1.29 is 9.90 Å². The predicted molar refractivity (Wildman–Crippen MR) is 79.0 cm³/mol. The zero-order valence-corrected chi connectivity index (χ0v) is 11.7. The van der Waals surface area contributed by atoms with Gasteiger partial charge in [0.1, 0.15) is 0 Å². The number of amides is 1. The number of nitrogens with one attached hydrogen (secondary N) is 2. The Hall–Kier alpha value is -1.55. The first-order chi connectivity index (χ1) is 9.72. The quantitative estimate of drug-likeness (QED) is 0.769. The molecule has 4 heteroatoms. The molecule has 20 heavy (non-hydrogen) atoms. The van der Waals surface area contributed by atoms with Crippen molar-refractivity contribution in [3.63, 3.8) is 0 Å². The SMILES string of the molecule is O=C(NCC1(CCO)CC1)c1ccc2c(c1)CCCN2. The third-order valence-corrected chi connectivity index (χ3v) is 4.53. The first-order valence-electron chi connectivity index (χ1n) is 7.48. The lowest BCUT2D eigenvalue weighted by Crippen LogP contribution is -2.30. The van der Waals surface area contributed by atoms with E-state index in [-0.39, 0.29) is 17.9 Å². The molecule has 0 spiro atoms. The number of aliphatic hydroxyl groups is 1. The second kappa shape index (κ2) is 5.44. The molecule has 0 saturated heterocycles. The van der Waals surface area contributed by atoms with Crippen LogP contribution < -0.4 is 10.6 Å². The van der Waals surface area contributed by atoms with Gasteiger partial charge < -0.3 is 15.7 Å². The summed E-state index contributed by atoms with van der Waals surface area (Å²) in [6, 6.07) is 5.89. The second-order valence-electron chi connectivity index (χ2n) is 6.06. The van der Waals surface area contributed by atoms with Crippen LogP contribution in [0.5, 0.6) is 0 Å². The predicted octanol–water partition coefficient (Wildman–Crippen LogP) is 1.94. The zero-order valence-electron chi connectivity index (χ0n) is 11.7. The molecule has 0 unspecified atom stereocenters. The van der Waals surface area contributed by atoms with Crippen LogP contribution in [0.4, 0.5) is 5.69 Å². The van der Waals surface area contributed by atoms with Crippen LogP contribution in [0.1, 0.15) is 41.6 Å². The van der Waals surface area contributed by atoms with Crippen molar-refractivity contribution in [3.8, 4) is 0 Å². The lowest BCUT2D eigenvalue weighted by atomic mass is 10.00. The molecule has 1 saturated carbocycles. The van der Waals surface area contributed by atoms with Crippen molar-refractivity contribution in [1.82, 2.24) is 5.32 Å². The molecule has 1 aliphatic heterocycles. The van der Waals surface area contributed by atoms with Gasteiger partial charge >= 0.3 is 0 Å². The van der Waals surface area contributed by atoms with Gasteiger partial charge in [-0.25, -0.2) is 0 Å². The molecule has 1 aromatic carbocycles. The highest BCUT2D eigenvalue weighted by molar-refractivity contribution is 5.95. The molecule has 1 aromatic rings. The van der Waals surface area contributed by atoms with Gasteiger partial charge in [0.2, 0.25) is 0 Å². The van der Waals surface area contributed by atoms with E-state index in [1.807, 2.05) is 18.2 Å². The summed E-state index contributed by atoms with van der Waals surface area (Å²) in [6.07, 6.45) is 5.18. The van der Waals surface area contributed by atoms with Gasteiger partial charge in [0.25, 0.3) is 5.91 Å². The Morgan fingerprint density at radius 2 is 2.25 bits per heavy atom. The van der Waals surface area contributed by atoms with E-state index < -0.39 is 0 Å².